The van der Waals surface area contributed by atoms with Gasteiger partial charge in [0.2, 0.25) is 0 Å². The molecule has 0 aliphatic carbocycles. The summed E-state index contributed by atoms with van der Waals surface area (Å²) in [5.74, 6) is -0.266. The van der Waals surface area contributed by atoms with Crippen LogP contribution in [0, 0.1) is 12.7 Å². The van der Waals surface area contributed by atoms with Gasteiger partial charge in [0.1, 0.15) is 11.6 Å². The number of hydrogen-bond acceptors (Lipinski definition) is 2. The number of carbonyl (C=O) groups is 1. The van der Waals surface area contributed by atoms with Gasteiger partial charge in [-0.2, -0.15) is 0 Å². The molecule has 4 heteroatoms. The van der Waals surface area contributed by atoms with Gasteiger partial charge in [-0.25, -0.2) is 4.39 Å². The highest BCUT2D eigenvalue weighted by molar-refractivity contribution is 5.94. The molecule has 0 heterocycles. The second-order valence-electron chi connectivity index (χ2n) is 4.48. The molecule has 0 unspecified atom stereocenters. The fraction of sp³-hybridized carbons (Fsp3) is 0.188. The van der Waals surface area contributed by atoms with Gasteiger partial charge in [0.05, 0.1) is 12.7 Å². The van der Waals surface area contributed by atoms with Crippen molar-refractivity contribution in [2.75, 3.05) is 7.11 Å². The number of carbonyl (C=O) groups excluding carboxylic acids is 1. The van der Waals surface area contributed by atoms with Crippen LogP contribution in [0.5, 0.6) is 5.75 Å². The molecule has 0 atom stereocenters. The third-order valence-electron chi connectivity index (χ3n) is 2.99. The number of benzene rings is 2. The Morgan fingerprint density at radius 3 is 2.70 bits per heavy atom. The molecular weight excluding hydrogens is 257 g/mol. The van der Waals surface area contributed by atoms with Crippen LogP contribution in [0.4, 0.5) is 4.39 Å². The van der Waals surface area contributed by atoms with Gasteiger partial charge in [-0.15, -0.1) is 0 Å². The van der Waals surface area contributed by atoms with E-state index in [0.717, 1.165) is 11.1 Å². The highest BCUT2D eigenvalue weighted by Gasteiger charge is 2.11. The van der Waals surface area contributed by atoms with Crippen LogP contribution in [0.15, 0.2) is 42.5 Å². The van der Waals surface area contributed by atoms with Crippen molar-refractivity contribution in [1.29, 1.82) is 0 Å². The molecule has 1 amide bonds. The van der Waals surface area contributed by atoms with Gasteiger partial charge < -0.3 is 10.1 Å². The smallest absolute Gasteiger partial charge is 0.254 e. The van der Waals surface area contributed by atoms with Crippen LogP contribution in [0.1, 0.15) is 21.5 Å². The summed E-state index contributed by atoms with van der Waals surface area (Å²) in [4.78, 5) is 11.9. The van der Waals surface area contributed by atoms with E-state index in [1.165, 1.54) is 12.1 Å². The van der Waals surface area contributed by atoms with Crippen LogP contribution in [0.25, 0.3) is 0 Å². The third kappa shape index (κ3) is 3.15. The number of ether oxygens (including phenoxy) is 1. The van der Waals surface area contributed by atoms with Crippen molar-refractivity contribution in [3.63, 3.8) is 0 Å². The van der Waals surface area contributed by atoms with Gasteiger partial charge in [0, 0.05) is 12.1 Å². The molecule has 0 radical (unpaired) electrons. The zero-order valence-corrected chi connectivity index (χ0v) is 11.4. The van der Waals surface area contributed by atoms with E-state index in [2.05, 4.69) is 5.32 Å². The van der Waals surface area contributed by atoms with Gasteiger partial charge in [0.25, 0.3) is 5.91 Å². The summed E-state index contributed by atoms with van der Waals surface area (Å²) in [5.41, 5.74) is 1.97. The van der Waals surface area contributed by atoms with Gasteiger partial charge in [-0.1, -0.05) is 29.8 Å². The lowest BCUT2D eigenvalue weighted by Crippen LogP contribution is -2.24. The first-order valence-electron chi connectivity index (χ1n) is 6.28. The predicted octanol–water partition coefficient (Wildman–Crippen LogP) is 3.07. The molecule has 2 rings (SSSR count). The van der Waals surface area contributed by atoms with Crippen LogP contribution < -0.4 is 10.1 Å². The predicted molar refractivity (Wildman–Crippen MR) is 75.3 cm³/mol. The molecule has 20 heavy (non-hydrogen) atoms. The average Bonchev–Trinajstić information content (AvgIpc) is 2.45. The summed E-state index contributed by atoms with van der Waals surface area (Å²) in [5, 5.41) is 2.70. The molecule has 0 aliphatic heterocycles. The van der Waals surface area contributed by atoms with Gasteiger partial charge in [-0.3, -0.25) is 4.79 Å². The fourth-order valence-electron chi connectivity index (χ4n) is 1.96. The number of rotatable bonds is 4. The number of methoxy groups -OCH3 is 1. The minimum Gasteiger partial charge on any atom is -0.496 e. The molecular formula is C16H16FNO2. The second kappa shape index (κ2) is 6.19. The minimum atomic E-state index is -0.527. The number of hydrogen-bond donors (Lipinski definition) is 1. The zero-order valence-electron chi connectivity index (χ0n) is 11.4. The first-order chi connectivity index (χ1) is 9.61. The molecule has 3 nitrogen and oxygen atoms in total. The first-order valence-corrected chi connectivity index (χ1v) is 6.28. The highest BCUT2D eigenvalue weighted by atomic mass is 19.1. The maximum atomic E-state index is 13.5. The van der Waals surface area contributed by atoms with Crippen molar-refractivity contribution >= 4 is 5.91 Å². The van der Waals surface area contributed by atoms with Crippen LogP contribution in [0.3, 0.4) is 0 Å². The number of nitrogens with one attached hydrogen (secondary N) is 1. The topological polar surface area (TPSA) is 38.3 Å². The van der Waals surface area contributed by atoms with Crippen molar-refractivity contribution in [2.24, 2.45) is 0 Å². The summed E-state index contributed by atoms with van der Waals surface area (Å²) in [6.45, 7) is 2.25. The Morgan fingerprint density at radius 1 is 1.25 bits per heavy atom. The summed E-state index contributed by atoms with van der Waals surface area (Å²) < 4.78 is 18.7. The van der Waals surface area contributed by atoms with E-state index in [9.17, 15) is 9.18 Å². The van der Waals surface area contributed by atoms with Crippen molar-refractivity contribution in [2.45, 2.75) is 13.5 Å². The van der Waals surface area contributed by atoms with E-state index < -0.39 is 11.7 Å². The van der Waals surface area contributed by atoms with Crippen LogP contribution in [0.2, 0.25) is 0 Å². The van der Waals surface area contributed by atoms with E-state index in [1.807, 2.05) is 25.1 Å². The van der Waals surface area contributed by atoms with Crippen molar-refractivity contribution in [3.05, 3.63) is 65.0 Å². The Kier molecular flexibility index (Phi) is 4.35. The maximum absolute atomic E-state index is 13.5. The Balaban J connectivity index is 2.11. The first kappa shape index (κ1) is 14.1. The van der Waals surface area contributed by atoms with Gasteiger partial charge in [0.15, 0.2) is 0 Å². The lowest BCUT2D eigenvalue weighted by molar-refractivity contribution is 0.0946. The summed E-state index contributed by atoms with van der Waals surface area (Å²) in [7, 11) is 1.58. The van der Waals surface area contributed by atoms with E-state index in [-0.39, 0.29) is 12.1 Å². The molecule has 0 saturated carbocycles. The van der Waals surface area contributed by atoms with E-state index in [4.69, 9.17) is 4.74 Å². The lowest BCUT2D eigenvalue weighted by atomic mass is 10.1. The van der Waals surface area contributed by atoms with Gasteiger partial charge in [-0.05, 0) is 25.1 Å². The second-order valence-corrected chi connectivity index (χ2v) is 4.48. The van der Waals surface area contributed by atoms with Crippen LogP contribution >= 0.6 is 0 Å². The molecule has 0 saturated heterocycles. The molecule has 0 aromatic heterocycles. The normalized spacial score (nSPS) is 10.2. The third-order valence-corrected chi connectivity index (χ3v) is 2.99. The van der Waals surface area contributed by atoms with Crippen LogP contribution in [-0.2, 0) is 6.54 Å². The summed E-state index contributed by atoms with van der Waals surface area (Å²) in [6, 6.07) is 11.6. The quantitative estimate of drug-likeness (QED) is 0.929. The van der Waals surface area contributed by atoms with Crippen molar-refractivity contribution in [1.82, 2.24) is 5.32 Å². The maximum Gasteiger partial charge on any atom is 0.254 e. The molecule has 0 fully saturated rings. The number of aryl methyl sites for hydroxylation is 1. The van der Waals surface area contributed by atoms with Crippen molar-refractivity contribution < 1.29 is 13.9 Å². The standard InChI is InChI=1S/C16H16FNO2/c1-11-7-8-15(20-2)12(9-11)10-18-16(19)13-5-3-4-6-14(13)17/h3-9H,10H2,1-2H3,(H,18,19). The minimum absolute atomic E-state index is 0.0409. The average molecular weight is 273 g/mol. The zero-order chi connectivity index (χ0) is 14.5. The molecule has 2 aromatic rings. The van der Waals surface area contributed by atoms with Crippen LogP contribution in [-0.4, -0.2) is 13.0 Å². The van der Waals surface area contributed by atoms with Gasteiger partial charge >= 0.3 is 0 Å². The molecule has 0 aliphatic rings. The van der Waals surface area contributed by atoms with E-state index in [1.54, 1.807) is 19.2 Å². The summed E-state index contributed by atoms with van der Waals surface area (Å²) >= 11 is 0. The largest absolute Gasteiger partial charge is 0.496 e. The van der Waals surface area contributed by atoms with E-state index >= 15 is 0 Å². The number of amides is 1. The Hall–Kier alpha value is -2.36. The molecule has 104 valence electrons. The lowest BCUT2D eigenvalue weighted by Gasteiger charge is -2.11. The Morgan fingerprint density at radius 2 is 2.00 bits per heavy atom. The molecule has 0 spiro atoms. The Labute approximate surface area is 117 Å². The highest BCUT2D eigenvalue weighted by Crippen LogP contribution is 2.19. The molecule has 1 N–H and O–H groups in total. The number of halogens is 1. The van der Waals surface area contributed by atoms with E-state index in [0.29, 0.717) is 5.75 Å². The molecule has 0 bridgehead atoms. The SMILES string of the molecule is COc1ccc(C)cc1CNC(=O)c1ccccc1F. The fourth-order valence-corrected chi connectivity index (χ4v) is 1.96. The monoisotopic (exact) mass is 273 g/mol. The summed E-state index contributed by atoms with van der Waals surface area (Å²) in [6.07, 6.45) is 0. The van der Waals surface area contributed by atoms with Crippen molar-refractivity contribution in [3.8, 4) is 5.75 Å². The Bertz CT molecular complexity index is 626. The molecule has 2 aromatic carbocycles.